The number of hydrogen-bond acceptors (Lipinski definition) is 4. The minimum absolute atomic E-state index is 0.0492. The molecule has 0 spiro atoms. The number of rotatable bonds is 6. The molecule has 1 heterocycles. The minimum Gasteiger partial charge on any atom is -0.497 e. The Morgan fingerprint density at radius 2 is 1.93 bits per heavy atom. The number of carboxylic acids is 1. The van der Waals surface area contributed by atoms with E-state index in [1.165, 1.54) is 19.2 Å². The monoisotopic (exact) mass is 368 g/mol. The zero-order valence-corrected chi connectivity index (χ0v) is 14.9. The molecule has 0 bridgehead atoms. The van der Waals surface area contributed by atoms with Gasteiger partial charge in [-0.05, 0) is 42.3 Å². The van der Waals surface area contributed by atoms with Gasteiger partial charge in [0.1, 0.15) is 5.75 Å². The Bertz CT molecular complexity index is 876. The third kappa shape index (κ3) is 4.25. The van der Waals surface area contributed by atoms with E-state index in [0.717, 1.165) is 18.5 Å². The summed E-state index contributed by atoms with van der Waals surface area (Å²) < 4.78 is 5.02. The maximum atomic E-state index is 12.5. The molecule has 0 unspecified atom stereocenters. The molecule has 1 fully saturated rings. The SMILES string of the molecule is COc1ccc(NC(=O)c2ccc(CN3CCCC3=O)cc2)c(C(=O)O)c1. The molecule has 2 N–H and O–H groups in total. The summed E-state index contributed by atoms with van der Waals surface area (Å²) in [6.07, 6.45) is 1.47. The van der Waals surface area contributed by atoms with Gasteiger partial charge >= 0.3 is 5.97 Å². The van der Waals surface area contributed by atoms with Crippen molar-refractivity contribution >= 4 is 23.5 Å². The molecule has 0 aliphatic carbocycles. The van der Waals surface area contributed by atoms with Crippen LogP contribution in [0.2, 0.25) is 0 Å². The van der Waals surface area contributed by atoms with Crippen LogP contribution in [0.3, 0.4) is 0 Å². The maximum absolute atomic E-state index is 12.5. The smallest absolute Gasteiger partial charge is 0.337 e. The van der Waals surface area contributed by atoms with Crippen LogP contribution < -0.4 is 10.1 Å². The number of aromatic carboxylic acids is 1. The summed E-state index contributed by atoms with van der Waals surface area (Å²) in [4.78, 5) is 37.3. The van der Waals surface area contributed by atoms with E-state index in [-0.39, 0.29) is 17.2 Å². The Hall–Kier alpha value is -3.35. The van der Waals surface area contributed by atoms with E-state index in [0.29, 0.717) is 24.3 Å². The van der Waals surface area contributed by atoms with Crippen LogP contribution in [0.15, 0.2) is 42.5 Å². The predicted molar refractivity (Wildman–Crippen MR) is 99.0 cm³/mol. The Morgan fingerprint density at radius 1 is 1.19 bits per heavy atom. The van der Waals surface area contributed by atoms with E-state index in [1.54, 1.807) is 35.2 Å². The van der Waals surface area contributed by atoms with Crippen molar-refractivity contribution in [1.82, 2.24) is 4.90 Å². The van der Waals surface area contributed by atoms with Crippen molar-refractivity contribution in [2.45, 2.75) is 19.4 Å². The zero-order valence-electron chi connectivity index (χ0n) is 14.9. The molecular formula is C20H20N2O5. The molecule has 2 amide bonds. The number of carbonyl (C=O) groups is 3. The van der Waals surface area contributed by atoms with E-state index in [4.69, 9.17) is 4.74 Å². The van der Waals surface area contributed by atoms with Crippen molar-refractivity contribution < 1.29 is 24.2 Å². The van der Waals surface area contributed by atoms with Crippen LogP contribution in [-0.2, 0) is 11.3 Å². The topological polar surface area (TPSA) is 95.9 Å². The summed E-state index contributed by atoms with van der Waals surface area (Å²) in [6, 6.07) is 11.4. The Kier molecular flexibility index (Phi) is 5.40. The lowest BCUT2D eigenvalue weighted by Gasteiger charge is -2.15. The fourth-order valence-electron chi connectivity index (χ4n) is 2.98. The van der Waals surface area contributed by atoms with Gasteiger partial charge in [-0.1, -0.05) is 12.1 Å². The molecule has 1 aliphatic rings. The van der Waals surface area contributed by atoms with Crippen molar-refractivity contribution in [3.05, 3.63) is 59.2 Å². The molecule has 0 saturated carbocycles. The van der Waals surface area contributed by atoms with E-state index in [9.17, 15) is 19.5 Å². The number of amides is 2. The van der Waals surface area contributed by atoms with Crippen molar-refractivity contribution in [3.8, 4) is 5.75 Å². The molecule has 1 aliphatic heterocycles. The van der Waals surface area contributed by atoms with Crippen LogP contribution in [0, 0.1) is 0 Å². The Morgan fingerprint density at radius 3 is 2.52 bits per heavy atom. The molecule has 3 rings (SSSR count). The van der Waals surface area contributed by atoms with Crippen molar-refractivity contribution in [2.24, 2.45) is 0 Å². The third-order valence-electron chi connectivity index (χ3n) is 4.47. The lowest BCUT2D eigenvalue weighted by atomic mass is 10.1. The molecule has 2 aromatic rings. The fraction of sp³-hybridized carbons (Fsp3) is 0.250. The number of carboxylic acid groups (broad SMARTS) is 1. The molecule has 0 aromatic heterocycles. The largest absolute Gasteiger partial charge is 0.497 e. The molecular weight excluding hydrogens is 348 g/mol. The van der Waals surface area contributed by atoms with Crippen molar-refractivity contribution in [3.63, 3.8) is 0 Å². The number of anilines is 1. The summed E-state index contributed by atoms with van der Waals surface area (Å²) in [7, 11) is 1.44. The van der Waals surface area contributed by atoms with Crippen molar-refractivity contribution in [2.75, 3.05) is 19.0 Å². The first-order valence-electron chi connectivity index (χ1n) is 8.57. The first-order chi connectivity index (χ1) is 13.0. The van der Waals surface area contributed by atoms with Gasteiger partial charge in [0.2, 0.25) is 5.91 Å². The van der Waals surface area contributed by atoms with E-state index in [1.807, 2.05) is 0 Å². The average molecular weight is 368 g/mol. The number of nitrogens with one attached hydrogen (secondary N) is 1. The van der Waals surface area contributed by atoms with Crippen molar-refractivity contribution in [1.29, 1.82) is 0 Å². The minimum atomic E-state index is -1.16. The highest BCUT2D eigenvalue weighted by Crippen LogP contribution is 2.23. The van der Waals surface area contributed by atoms with Gasteiger partial charge in [-0.3, -0.25) is 9.59 Å². The number of ether oxygens (including phenoxy) is 1. The zero-order chi connectivity index (χ0) is 19.4. The molecule has 1 saturated heterocycles. The highest BCUT2D eigenvalue weighted by atomic mass is 16.5. The second-order valence-corrected chi connectivity index (χ2v) is 6.29. The Labute approximate surface area is 156 Å². The van der Waals surface area contributed by atoms with E-state index in [2.05, 4.69) is 5.32 Å². The second-order valence-electron chi connectivity index (χ2n) is 6.29. The number of carbonyl (C=O) groups excluding carboxylic acids is 2. The van der Waals surface area contributed by atoms with Gasteiger partial charge in [-0.2, -0.15) is 0 Å². The normalized spacial score (nSPS) is 13.5. The van der Waals surface area contributed by atoms with Crippen LogP contribution in [0.5, 0.6) is 5.75 Å². The van der Waals surface area contributed by atoms with Crippen LogP contribution in [0.4, 0.5) is 5.69 Å². The highest BCUT2D eigenvalue weighted by Gasteiger charge is 2.20. The fourth-order valence-corrected chi connectivity index (χ4v) is 2.98. The van der Waals surface area contributed by atoms with Gasteiger partial charge in [0.05, 0.1) is 18.4 Å². The van der Waals surface area contributed by atoms with E-state index >= 15 is 0 Å². The lowest BCUT2D eigenvalue weighted by molar-refractivity contribution is -0.128. The van der Waals surface area contributed by atoms with Gasteiger partial charge in [0, 0.05) is 25.1 Å². The molecule has 0 radical (unpaired) electrons. The first kappa shape index (κ1) is 18.4. The van der Waals surface area contributed by atoms with Crippen LogP contribution in [0.25, 0.3) is 0 Å². The highest BCUT2D eigenvalue weighted by molar-refractivity contribution is 6.07. The number of benzene rings is 2. The molecule has 7 heteroatoms. The summed E-state index contributed by atoms with van der Waals surface area (Å²) in [5.41, 5.74) is 1.49. The molecule has 2 aromatic carbocycles. The van der Waals surface area contributed by atoms with Gasteiger partial charge in [0.25, 0.3) is 5.91 Å². The standard InChI is InChI=1S/C20H20N2O5/c1-27-15-8-9-17(16(11-15)20(25)26)21-19(24)14-6-4-13(5-7-14)12-22-10-2-3-18(22)23/h4-9,11H,2-3,10,12H2,1H3,(H,21,24)(H,25,26). The third-order valence-corrected chi connectivity index (χ3v) is 4.47. The van der Waals surface area contributed by atoms with Crippen LogP contribution >= 0.6 is 0 Å². The number of hydrogen-bond donors (Lipinski definition) is 2. The number of methoxy groups -OCH3 is 1. The number of nitrogens with zero attached hydrogens (tertiary/aromatic N) is 1. The summed E-state index contributed by atoms with van der Waals surface area (Å²) in [6.45, 7) is 1.29. The van der Waals surface area contributed by atoms with Gasteiger partial charge in [-0.25, -0.2) is 4.79 Å². The van der Waals surface area contributed by atoms with E-state index < -0.39 is 11.9 Å². The second kappa shape index (κ2) is 7.90. The van der Waals surface area contributed by atoms with Crippen LogP contribution in [0.1, 0.15) is 39.1 Å². The summed E-state index contributed by atoms with van der Waals surface area (Å²) in [5.74, 6) is -1.02. The summed E-state index contributed by atoms with van der Waals surface area (Å²) in [5, 5.41) is 11.9. The maximum Gasteiger partial charge on any atom is 0.337 e. The molecule has 7 nitrogen and oxygen atoms in total. The Balaban J connectivity index is 1.71. The van der Waals surface area contributed by atoms with Gasteiger partial charge in [0.15, 0.2) is 0 Å². The van der Waals surface area contributed by atoms with Gasteiger partial charge < -0.3 is 20.1 Å². The lowest BCUT2D eigenvalue weighted by Crippen LogP contribution is -2.23. The quantitative estimate of drug-likeness (QED) is 0.817. The first-order valence-corrected chi connectivity index (χ1v) is 8.57. The van der Waals surface area contributed by atoms with Crippen LogP contribution in [-0.4, -0.2) is 41.4 Å². The van der Waals surface area contributed by atoms with Gasteiger partial charge in [-0.15, -0.1) is 0 Å². The average Bonchev–Trinajstić information content (AvgIpc) is 3.07. The number of likely N-dealkylation sites (tertiary alicyclic amines) is 1. The molecule has 140 valence electrons. The predicted octanol–water partition coefficient (Wildman–Crippen LogP) is 2.77. The molecule has 0 atom stereocenters. The molecule has 27 heavy (non-hydrogen) atoms. The summed E-state index contributed by atoms with van der Waals surface area (Å²) >= 11 is 0.